The van der Waals surface area contributed by atoms with Crippen molar-refractivity contribution in [3.05, 3.63) is 144 Å². The van der Waals surface area contributed by atoms with Crippen LogP contribution < -0.4 is 4.40 Å². The Bertz CT molecular complexity index is 3150. The standard InChI is InChI=1S/C34H29N4O.C23H30GeN.Ir/c1-19(2)25-15-22-10-6-7-11-24(22)30(20(3)4)32(25)38-28-13-14-35-18-27(28)37-33(38)23-16-26-31-21(5)9-8-12-29(31)39-34(26)36-17-23;1-24(2,3)22-16-25-23(19-7-5-4-6-8-19)15-21(22)14-20-13-17-9-11-18(20)12-10-17;/h6-16,18-20H,1-5H3;4-7,15-18,20H,9-14H2,1-3H3;/q2*-1;. The van der Waals surface area contributed by atoms with E-state index in [-0.39, 0.29) is 20.1 Å². The van der Waals surface area contributed by atoms with Crippen LogP contribution in [0.3, 0.4) is 0 Å². The number of aryl methyl sites for hydroxylation is 1. The Morgan fingerprint density at radius 2 is 1.63 bits per heavy atom. The van der Waals surface area contributed by atoms with E-state index in [2.05, 4.69) is 152 Å². The second-order valence-corrected chi connectivity index (χ2v) is 30.7. The van der Waals surface area contributed by atoms with Crippen LogP contribution in [0.15, 0.2) is 114 Å². The van der Waals surface area contributed by atoms with Crippen molar-refractivity contribution in [1.29, 1.82) is 0 Å². The fourth-order valence-corrected chi connectivity index (χ4v) is 14.4. The number of imidazole rings is 1. The minimum absolute atomic E-state index is 0. The number of furan rings is 1. The number of pyridine rings is 3. The number of hydrogen-bond acceptors (Lipinski definition) is 5. The molecule has 0 N–H and O–H groups in total. The molecular weight excluding hydrogens is 1040 g/mol. The fourth-order valence-electron chi connectivity index (χ4n) is 11.0. The number of hydrogen-bond donors (Lipinski definition) is 0. The average Bonchev–Trinajstić information content (AvgIpc) is 3.88. The number of nitrogens with zero attached hydrogens (tertiary/aromatic N) is 5. The maximum absolute atomic E-state index is 6.07. The third-order valence-electron chi connectivity index (χ3n) is 14.2. The average molecular weight is 1090 g/mol. The van der Waals surface area contributed by atoms with Gasteiger partial charge in [-0.1, -0.05) is 69.7 Å². The zero-order valence-corrected chi connectivity index (χ0v) is 43.5. The van der Waals surface area contributed by atoms with E-state index in [4.69, 9.17) is 14.4 Å². The van der Waals surface area contributed by atoms with Crippen LogP contribution in [0.1, 0.15) is 93.9 Å². The molecule has 0 spiro atoms. The minimum Gasteiger partial charge on any atom is 0 e. The van der Waals surface area contributed by atoms with E-state index in [0.29, 0.717) is 17.5 Å². The Morgan fingerprint density at radius 3 is 2.35 bits per heavy atom. The Labute approximate surface area is 400 Å². The zero-order chi connectivity index (χ0) is 44.3. The molecule has 65 heavy (non-hydrogen) atoms. The molecule has 2 bridgehead atoms. The third-order valence-corrected chi connectivity index (χ3v) is 18.5. The van der Waals surface area contributed by atoms with E-state index in [0.717, 1.165) is 73.4 Å². The van der Waals surface area contributed by atoms with Crippen molar-refractivity contribution in [3.8, 4) is 28.3 Å². The Morgan fingerprint density at radius 1 is 0.831 bits per heavy atom. The summed E-state index contributed by atoms with van der Waals surface area (Å²) >= 11 is -1.91. The van der Waals surface area contributed by atoms with Gasteiger partial charge < -0.3 is 14.0 Å². The van der Waals surface area contributed by atoms with Gasteiger partial charge in [0.2, 0.25) is 0 Å². The van der Waals surface area contributed by atoms with Crippen molar-refractivity contribution in [1.82, 2.24) is 24.5 Å². The Hall–Kier alpha value is -4.95. The molecule has 6 nitrogen and oxygen atoms in total. The van der Waals surface area contributed by atoms with Gasteiger partial charge in [-0.05, 0) is 76.0 Å². The van der Waals surface area contributed by atoms with Gasteiger partial charge in [0.15, 0.2) is 0 Å². The van der Waals surface area contributed by atoms with Crippen molar-refractivity contribution >= 4 is 61.5 Å². The van der Waals surface area contributed by atoms with Gasteiger partial charge in [-0.25, -0.2) is 0 Å². The van der Waals surface area contributed by atoms with Crippen LogP contribution in [-0.4, -0.2) is 37.8 Å². The molecule has 5 heterocycles. The van der Waals surface area contributed by atoms with E-state index in [1.54, 1.807) is 9.96 Å². The predicted octanol–water partition coefficient (Wildman–Crippen LogP) is 14.4. The van der Waals surface area contributed by atoms with Crippen molar-refractivity contribution in [3.63, 3.8) is 0 Å². The first kappa shape index (κ1) is 45.2. The van der Waals surface area contributed by atoms with Crippen molar-refractivity contribution in [2.24, 2.45) is 17.8 Å². The van der Waals surface area contributed by atoms with Crippen LogP contribution in [-0.2, 0) is 26.5 Å². The van der Waals surface area contributed by atoms with Gasteiger partial charge in [0.05, 0.1) is 23.1 Å². The summed E-state index contributed by atoms with van der Waals surface area (Å²) < 4.78 is 9.99. The topological polar surface area (TPSA) is 69.6 Å². The molecule has 1 atom stereocenters. The third kappa shape index (κ3) is 8.65. The van der Waals surface area contributed by atoms with Crippen molar-refractivity contribution < 1.29 is 24.5 Å². The van der Waals surface area contributed by atoms with Crippen LogP contribution in [0.25, 0.3) is 72.2 Å². The summed E-state index contributed by atoms with van der Waals surface area (Å²) in [6.45, 7) is 11.2. The minimum atomic E-state index is -1.91. The fraction of sp³-hybridized carbons (Fsp3) is 0.333. The van der Waals surface area contributed by atoms with Crippen LogP contribution in [0, 0.1) is 36.9 Å². The first-order valence-electron chi connectivity index (χ1n) is 23.5. The summed E-state index contributed by atoms with van der Waals surface area (Å²) in [7, 11) is 0. The molecule has 333 valence electrons. The summed E-state index contributed by atoms with van der Waals surface area (Å²) in [5.41, 5.74) is 12.9. The second kappa shape index (κ2) is 18.4. The molecule has 0 amide bonds. The van der Waals surface area contributed by atoms with Gasteiger partial charge in [-0.15, -0.1) is 6.07 Å². The summed E-state index contributed by atoms with van der Waals surface area (Å²) in [5, 5.41) is 4.58. The summed E-state index contributed by atoms with van der Waals surface area (Å²) in [4.78, 5) is 19.0. The molecule has 0 aliphatic heterocycles. The normalized spacial score (nSPS) is 17.3. The molecule has 3 fully saturated rings. The van der Waals surface area contributed by atoms with Crippen molar-refractivity contribution in [2.45, 2.75) is 102 Å². The number of aromatic nitrogens is 5. The zero-order valence-electron chi connectivity index (χ0n) is 39.0. The maximum Gasteiger partial charge on any atom is 0 e. The molecule has 5 aromatic heterocycles. The van der Waals surface area contributed by atoms with E-state index >= 15 is 0 Å². The Kier molecular flexibility index (Phi) is 12.8. The van der Waals surface area contributed by atoms with Gasteiger partial charge in [0.25, 0.3) is 0 Å². The summed E-state index contributed by atoms with van der Waals surface area (Å²) in [6.07, 6.45) is 17.8. The van der Waals surface area contributed by atoms with Gasteiger partial charge in [-0.3, -0.25) is 9.97 Å². The monoisotopic (exact) mass is 1100 g/mol. The molecule has 0 saturated heterocycles. The smallest absolute Gasteiger partial charge is 0 e. The molecule has 9 aromatic rings. The van der Waals surface area contributed by atoms with Gasteiger partial charge in [-0.2, -0.15) is 0 Å². The first-order chi connectivity index (χ1) is 30.9. The molecule has 12 rings (SSSR count). The van der Waals surface area contributed by atoms with Crippen LogP contribution in [0.5, 0.6) is 0 Å². The molecular formula is C57H59GeIrN5O-2. The van der Waals surface area contributed by atoms with E-state index in [1.807, 2.05) is 36.7 Å². The molecule has 1 unspecified atom stereocenters. The summed E-state index contributed by atoms with van der Waals surface area (Å²) in [6, 6.07) is 35.3. The van der Waals surface area contributed by atoms with Crippen molar-refractivity contribution in [2.75, 3.05) is 0 Å². The second-order valence-electron chi connectivity index (χ2n) is 20.2. The van der Waals surface area contributed by atoms with Gasteiger partial charge in [0, 0.05) is 37.4 Å². The number of fused-ring (bicyclic) bond motifs is 8. The van der Waals surface area contributed by atoms with E-state index < -0.39 is 13.3 Å². The van der Waals surface area contributed by atoms with Crippen LogP contribution in [0.2, 0.25) is 17.3 Å². The predicted molar refractivity (Wildman–Crippen MR) is 267 cm³/mol. The van der Waals surface area contributed by atoms with Gasteiger partial charge in [0.1, 0.15) is 11.3 Å². The molecule has 3 saturated carbocycles. The maximum atomic E-state index is 6.07. The SMILES string of the molecule is Cc1cccc2oc3n[c-]c(-c4nc5cnccc5n4-c4c(C(C)C)cc5ccccc5c4C(C)C)cc3c12.[CH3][Ge]([CH3])([CH3])[c]1cnc(-c2[c-]cccc2)cc1CC1CC2CCC1CC2.[Ir]. The largest absolute Gasteiger partial charge is 0 e. The first-order valence-corrected chi connectivity index (χ1v) is 30.8. The molecule has 1 radical (unpaired) electrons. The van der Waals surface area contributed by atoms with E-state index in [9.17, 15) is 0 Å². The number of benzene rings is 4. The molecule has 3 aliphatic rings. The quantitative estimate of drug-likeness (QED) is 0.112. The molecule has 8 heteroatoms. The Balaban J connectivity index is 0.000000177. The summed E-state index contributed by atoms with van der Waals surface area (Å²) in [5.74, 6) is 11.8. The van der Waals surface area contributed by atoms with E-state index in [1.165, 1.54) is 66.1 Å². The number of rotatable bonds is 8. The van der Waals surface area contributed by atoms with Crippen LogP contribution >= 0.6 is 0 Å². The molecule has 3 aliphatic carbocycles. The molecule has 4 aromatic carbocycles. The van der Waals surface area contributed by atoms with Gasteiger partial charge >= 0.3 is 156 Å². The van der Waals surface area contributed by atoms with Crippen LogP contribution in [0.4, 0.5) is 0 Å².